The molecular formula is C10H10Cl2FNO. The summed E-state index contributed by atoms with van der Waals surface area (Å²) in [5, 5.41) is -0.0554. The van der Waals surface area contributed by atoms with Crippen LogP contribution in [0.4, 0.5) is 4.39 Å². The molecule has 0 aliphatic carbocycles. The first-order valence-corrected chi connectivity index (χ1v) is 5.24. The van der Waals surface area contributed by atoms with Crippen LogP contribution in [-0.4, -0.2) is 30.3 Å². The molecule has 5 heteroatoms. The Kier molecular flexibility index (Phi) is 4.36. The van der Waals surface area contributed by atoms with Crippen molar-refractivity contribution in [2.75, 3.05) is 19.5 Å². The van der Waals surface area contributed by atoms with E-state index in [0.29, 0.717) is 12.4 Å². The molecule has 15 heavy (non-hydrogen) atoms. The second kappa shape index (κ2) is 5.33. The largest absolute Gasteiger partial charge is 0.340 e. The summed E-state index contributed by atoms with van der Waals surface area (Å²) in [5.41, 5.74) is -0.0323. The summed E-state index contributed by atoms with van der Waals surface area (Å²) in [7, 11) is 1.56. The number of halogens is 3. The molecule has 0 aliphatic rings. The highest BCUT2D eigenvalue weighted by Gasteiger charge is 2.17. The first-order valence-electron chi connectivity index (χ1n) is 4.33. The molecule has 0 aromatic heterocycles. The number of benzene rings is 1. The zero-order chi connectivity index (χ0) is 11.4. The van der Waals surface area contributed by atoms with Crippen molar-refractivity contribution in [2.24, 2.45) is 0 Å². The quantitative estimate of drug-likeness (QED) is 0.755. The predicted octanol–water partition coefficient (Wildman–Crippen LogP) is 2.79. The van der Waals surface area contributed by atoms with E-state index >= 15 is 0 Å². The molecular weight excluding hydrogens is 240 g/mol. The monoisotopic (exact) mass is 249 g/mol. The van der Waals surface area contributed by atoms with E-state index in [0.717, 1.165) is 0 Å². The van der Waals surface area contributed by atoms with Crippen LogP contribution in [0.15, 0.2) is 18.2 Å². The van der Waals surface area contributed by atoms with Gasteiger partial charge in [-0.2, -0.15) is 0 Å². The lowest BCUT2D eigenvalue weighted by molar-refractivity contribution is 0.0798. The Morgan fingerprint density at radius 1 is 1.53 bits per heavy atom. The molecule has 0 unspecified atom stereocenters. The Hall–Kier alpha value is -0.800. The normalized spacial score (nSPS) is 10.1. The maximum atomic E-state index is 13.4. The summed E-state index contributed by atoms with van der Waals surface area (Å²) in [6.07, 6.45) is 0. The van der Waals surface area contributed by atoms with Crippen LogP contribution in [0.25, 0.3) is 0 Å². The highest BCUT2D eigenvalue weighted by Crippen LogP contribution is 2.18. The molecule has 0 fully saturated rings. The molecule has 1 amide bonds. The molecule has 2 nitrogen and oxygen atoms in total. The summed E-state index contributed by atoms with van der Waals surface area (Å²) in [5.74, 6) is -0.800. The number of amides is 1. The Bertz CT molecular complexity index is 370. The lowest BCUT2D eigenvalue weighted by Crippen LogP contribution is -2.29. The molecule has 0 aliphatic heterocycles. The van der Waals surface area contributed by atoms with Crippen LogP contribution in [0.5, 0.6) is 0 Å². The molecule has 0 heterocycles. The summed E-state index contributed by atoms with van der Waals surface area (Å²) < 4.78 is 13.4. The van der Waals surface area contributed by atoms with Gasteiger partial charge < -0.3 is 4.90 Å². The van der Waals surface area contributed by atoms with Gasteiger partial charge in [-0.05, 0) is 12.1 Å². The minimum absolute atomic E-state index is 0.0323. The SMILES string of the molecule is CN(CCCl)C(=O)c1cccc(Cl)c1F. The third-order valence-electron chi connectivity index (χ3n) is 1.95. The number of hydrogen-bond acceptors (Lipinski definition) is 1. The van der Waals surface area contributed by atoms with E-state index in [9.17, 15) is 9.18 Å². The molecule has 0 N–H and O–H groups in total. The Balaban J connectivity index is 2.96. The lowest BCUT2D eigenvalue weighted by atomic mass is 10.2. The van der Waals surface area contributed by atoms with E-state index in [-0.39, 0.29) is 10.6 Å². The van der Waals surface area contributed by atoms with Gasteiger partial charge in [0.25, 0.3) is 5.91 Å². The summed E-state index contributed by atoms with van der Waals surface area (Å²) >= 11 is 11.1. The topological polar surface area (TPSA) is 20.3 Å². The fourth-order valence-corrected chi connectivity index (χ4v) is 1.53. The maximum absolute atomic E-state index is 13.4. The number of nitrogens with zero attached hydrogens (tertiary/aromatic N) is 1. The zero-order valence-corrected chi connectivity index (χ0v) is 9.65. The Morgan fingerprint density at radius 3 is 2.80 bits per heavy atom. The zero-order valence-electron chi connectivity index (χ0n) is 8.14. The fraction of sp³-hybridized carbons (Fsp3) is 0.300. The van der Waals surface area contributed by atoms with Gasteiger partial charge in [0.2, 0.25) is 0 Å². The number of hydrogen-bond donors (Lipinski definition) is 0. The van der Waals surface area contributed by atoms with Crippen LogP contribution >= 0.6 is 23.2 Å². The molecule has 0 radical (unpaired) electrons. The van der Waals surface area contributed by atoms with E-state index in [4.69, 9.17) is 23.2 Å². The molecule has 0 spiro atoms. The molecule has 0 bridgehead atoms. The standard InChI is InChI=1S/C10H10Cl2FNO/c1-14(6-5-11)10(15)7-3-2-4-8(12)9(7)13/h2-4H,5-6H2,1H3. The van der Waals surface area contributed by atoms with E-state index in [2.05, 4.69) is 0 Å². The fourth-order valence-electron chi connectivity index (χ4n) is 1.10. The third-order valence-corrected chi connectivity index (χ3v) is 2.41. The second-order valence-corrected chi connectivity index (χ2v) is 3.80. The van der Waals surface area contributed by atoms with Crippen LogP contribution in [0, 0.1) is 5.82 Å². The summed E-state index contributed by atoms with van der Waals surface area (Å²) in [6.45, 7) is 0.367. The van der Waals surface area contributed by atoms with Crippen molar-refractivity contribution in [3.05, 3.63) is 34.6 Å². The van der Waals surface area contributed by atoms with Gasteiger partial charge in [0, 0.05) is 19.5 Å². The van der Waals surface area contributed by atoms with Crippen molar-refractivity contribution in [2.45, 2.75) is 0 Å². The Labute approximate surface area is 97.6 Å². The minimum Gasteiger partial charge on any atom is -0.340 e. The lowest BCUT2D eigenvalue weighted by Gasteiger charge is -2.15. The van der Waals surface area contributed by atoms with Crippen LogP contribution in [0.3, 0.4) is 0 Å². The first-order chi connectivity index (χ1) is 7.07. The average molecular weight is 250 g/mol. The number of rotatable bonds is 3. The van der Waals surface area contributed by atoms with Crippen LogP contribution in [0.1, 0.15) is 10.4 Å². The van der Waals surface area contributed by atoms with Crippen molar-refractivity contribution < 1.29 is 9.18 Å². The van der Waals surface area contributed by atoms with E-state index in [1.807, 2.05) is 0 Å². The molecule has 0 atom stereocenters. The van der Waals surface area contributed by atoms with Crippen molar-refractivity contribution in [1.29, 1.82) is 0 Å². The van der Waals surface area contributed by atoms with Gasteiger partial charge >= 0.3 is 0 Å². The molecule has 0 saturated heterocycles. The van der Waals surface area contributed by atoms with Gasteiger partial charge in [-0.25, -0.2) is 4.39 Å². The van der Waals surface area contributed by atoms with Crippen LogP contribution in [-0.2, 0) is 0 Å². The van der Waals surface area contributed by atoms with Gasteiger partial charge in [0.05, 0.1) is 10.6 Å². The number of alkyl halides is 1. The van der Waals surface area contributed by atoms with E-state index in [1.54, 1.807) is 7.05 Å². The van der Waals surface area contributed by atoms with Gasteiger partial charge in [0.15, 0.2) is 5.82 Å². The van der Waals surface area contributed by atoms with Crippen molar-refractivity contribution in [3.63, 3.8) is 0 Å². The third kappa shape index (κ3) is 2.83. The van der Waals surface area contributed by atoms with Gasteiger partial charge in [-0.1, -0.05) is 17.7 Å². The first kappa shape index (κ1) is 12.3. The molecule has 0 saturated carbocycles. The molecule has 1 aromatic rings. The van der Waals surface area contributed by atoms with Crippen molar-refractivity contribution in [1.82, 2.24) is 4.90 Å². The summed E-state index contributed by atoms with van der Waals surface area (Å²) in [6, 6.07) is 4.33. The minimum atomic E-state index is -0.689. The van der Waals surface area contributed by atoms with Gasteiger partial charge in [-0.3, -0.25) is 4.79 Å². The van der Waals surface area contributed by atoms with Gasteiger partial charge in [-0.15, -0.1) is 11.6 Å². The smallest absolute Gasteiger partial charge is 0.256 e. The Morgan fingerprint density at radius 2 is 2.20 bits per heavy atom. The molecule has 1 rings (SSSR count). The second-order valence-electron chi connectivity index (χ2n) is 3.02. The number of carbonyl (C=O) groups excluding carboxylic acids is 1. The highest BCUT2D eigenvalue weighted by molar-refractivity contribution is 6.31. The summed E-state index contributed by atoms with van der Waals surface area (Å²) in [4.78, 5) is 13.0. The van der Waals surface area contributed by atoms with E-state index < -0.39 is 11.7 Å². The molecule has 82 valence electrons. The maximum Gasteiger partial charge on any atom is 0.256 e. The van der Waals surface area contributed by atoms with Crippen molar-refractivity contribution >= 4 is 29.1 Å². The van der Waals surface area contributed by atoms with Crippen LogP contribution < -0.4 is 0 Å². The average Bonchev–Trinajstić information content (AvgIpc) is 2.21. The van der Waals surface area contributed by atoms with Gasteiger partial charge in [0.1, 0.15) is 0 Å². The van der Waals surface area contributed by atoms with E-state index in [1.165, 1.54) is 23.1 Å². The number of carbonyl (C=O) groups is 1. The highest BCUT2D eigenvalue weighted by atomic mass is 35.5. The van der Waals surface area contributed by atoms with Crippen molar-refractivity contribution in [3.8, 4) is 0 Å². The van der Waals surface area contributed by atoms with Crippen LogP contribution in [0.2, 0.25) is 5.02 Å². The molecule has 1 aromatic carbocycles. The predicted molar refractivity (Wildman–Crippen MR) is 59.1 cm³/mol.